The Balaban J connectivity index is 2.06. The van der Waals surface area contributed by atoms with Gasteiger partial charge in [-0.25, -0.2) is 4.98 Å². The molecule has 0 spiro atoms. The minimum Gasteiger partial charge on any atom is -0.328 e. The summed E-state index contributed by atoms with van der Waals surface area (Å²) in [6.07, 6.45) is 5.53. The van der Waals surface area contributed by atoms with Crippen LogP contribution < -0.4 is 5.73 Å². The summed E-state index contributed by atoms with van der Waals surface area (Å²) in [4.78, 5) is 8.42. The number of rotatable bonds is 4. The molecule has 0 amide bonds. The molecule has 1 aromatic heterocycles. The third kappa shape index (κ3) is 2.62. The van der Waals surface area contributed by atoms with Crippen molar-refractivity contribution in [2.45, 2.75) is 45.2 Å². The first-order valence-corrected chi connectivity index (χ1v) is 6.96. The molecule has 1 fully saturated rings. The highest BCUT2D eigenvalue weighted by atomic mass is 32.1. The summed E-state index contributed by atoms with van der Waals surface area (Å²) in [5.41, 5.74) is 5.81. The van der Waals surface area contributed by atoms with Crippen molar-refractivity contribution in [3.8, 4) is 0 Å². The van der Waals surface area contributed by atoms with E-state index in [-0.39, 0.29) is 6.04 Å². The number of nitrogens with two attached hydrogens (primary N) is 1. The predicted octanol–water partition coefficient (Wildman–Crippen LogP) is 2.19. The Labute approximate surface area is 102 Å². The van der Waals surface area contributed by atoms with Crippen LogP contribution in [0.25, 0.3) is 0 Å². The molecule has 4 heteroatoms. The Hall–Kier alpha value is -0.450. The van der Waals surface area contributed by atoms with Crippen LogP contribution in [0.15, 0.2) is 6.20 Å². The summed E-state index contributed by atoms with van der Waals surface area (Å²) >= 11 is 1.84. The van der Waals surface area contributed by atoms with Gasteiger partial charge in [-0.05, 0) is 39.3 Å². The Morgan fingerprint density at radius 3 is 3.19 bits per heavy atom. The maximum atomic E-state index is 5.81. The Kier molecular flexibility index (Phi) is 3.95. The van der Waals surface area contributed by atoms with Crippen molar-refractivity contribution in [3.63, 3.8) is 0 Å². The highest BCUT2D eigenvalue weighted by molar-refractivity contribution is 7.11. The molecule has 0 bridgehead atoms. The largest absolute Gasteiger partial charge is 0.328 e. The summed E-state index contributed by atoms with van der Waals surface area (Å²) < 4.78 is 0. The van der Waals surface area contributed by atoms with Crippen LogP contribution in [-0.4, -0.2) is 29.0 Å². The van der Waals surface area contributed by atoms with E-state index in [4.69, 9.17) is 5.73 Å². The van der Waals surface area contributed by atoms with Gasteiger partial charge in [0.1, 0.15) is 5.01 Å². The Morgan fingerprint density at radius 2 is 2.50 bits per heavy atom. The maximum absolute atomic E-state index is 5.81. The molecule has 1 aromatic rings. The van der Waals surface area contributed by atoms with Crippen LogP contribution in [0.4, 0.5) is 0 Å². The summed E-state index contributed by atoms with van der Waals surface area (Å²) in [5.74, 6) is 0. The van der Waals surface area contributed by atoms with Crippen molar-refractivity contribution in [1.29, 1.82) is 0 Å². The first-order valence-electron chi connectivity index (χ1n) is 6.15. The molecule has 16 heavy (non-hydrogen) atoms. The second kappa shape index (κ2) is 5.25. The van der Waals surface area contributed by atoms with Gasteiger partial charge in [0, 0.05) is 17.1 Å². The average molecular weight is 239 g/mol. The molecule has 2 rings (SSSR count). The lowest BCUT2D eigenvalue weighted by Crippen LogP contribution is -2.22. The Morgan fingerprint density at radius 1 is 1.69 bits per heavy atom. The monoisotopic (exact) mass is 239 g/mol. The normalized spacial score (nSPS) is 23.8. The second-order valence-electron chi connectivity index (χ2n) is 4.63. The third-order valence-electron chi connectivity index (χ3n) is 3.15. The van der Waals surface area contributed by atoms with Crippen LogP contribution >= 0.6 is 11.3 Å². The van der Waals surface area contributed by atoms with Crippen molar-refractivity contribution >= 4 is 11.3 Å². The van der Waals surface area contributed by atoms with E-state index in [0.717, 1.165) is 13.0 Å². The number of hydrogen-bond donors (Lipinski definition) is 1. The van der Waals surface area contributed by atoms with Gasteiger partial charge in [0.2, 0.25) is 0 Å². The summed E-state index contributed by atoms with van der Waals surface area (Å²) in [6.45, 7) is 6.64. The molecule has 90 valence electrons. The molecular weight excluding hydrogens is 218 g/mol. The van der Waals surface area contributed by atoms with Crippen LogP contribution in [0, 0.1) is 0 Å². The second-order valence-corrected chi connectivity index (χ2v) is 5.78. The number of aromatic nitrogens is 1. The van der Waals surface area contributed by atoms with Gasteiger partial charge in [-0.1, -0.05) is 6.92 Å². The van der Waals surface area contributed by atoms with Gasteiger partial charge in [0.05, 0.1) is 6.04 Å². The maximum Gasteiger partial charge on any atom is 0.110 e. The molecule has 1 aliphatic rings. The van der Waals surface area contributed by atoms with Crippen LogP contribution in [0.1, 0.15) is 42.6 Å². The standard InChI is InChI=1S/C12H21N3S/c1-3-15-6-4-5-11(15)12-14-8-10(16-12)7-9(2)13/h8-9,11H,3-7,13H2,1-2H3. The van der Waals surface area contributed by atoms with Crippen molar-refractivity contribution in [2.24, 2.45) is 5.73 Å². The molecule has 0 saturated carbocycles. The van der Waals surface area contributed by atoms with E-state index >= 15 is 0 Å². The molecule has 0 radical (unpaired) electrons. The zero-order chi connectivity index (χ0) is 11.5. The van der Waals surface area contributed by atoms with Gasteiger partial charge in [0.25, 0.3) is 0 Å². The lowest BCUT2D eigenvalue weighted by molar-refractivity contribution is 0.271. The molecule has 2 heterocycles. The lowest BCUT2D eigenvalue weighted by Gasteiger charge is -2.20. The lowest BCUT2D eigenvalue weighted by atomic mass is 10.2. The van der Waals surface area contributed by atoms with E-state index < -0.39 is 0 Å². The fourth-order valence-corrected chi connectivity index (χ4v) is 3.60. The molecule has 2 unspecified atom stereocenters. The molecule has 2 N–H and O–H groups in total. The highest BCUT2D eigenvalue weighted by Crippen LogP contribution is 2.33. The van der Waals surface area contributed by atoms with E-state index in [0.29, 0.717) is 6.04 Å². The van der Waals surface area contributed by atoms with Gasteiger partial charge < -0.3 is 5.73 Å². The predicted molar refractivity (Wildman–Crippen MR) is 68.7 cm³/mol. The fraction of sp³-hybridized carbons (Fsp3) is 0.750. The van der Waals surface area contributed by atoms with Gasteiger partial charge >= 0.3 is 0 Å². The molecular formula is C12H21N3S. The van der Waals surface area contributed by atoms with Gasteiger partial charge in [-0.2, -0.15) is 0 Å². The SMILES string of the molecule is CCN1CCCC1c1ncc(CC(C)N)s1. The molecule has 0 aromatic carbocycles. The minimum absolute atomic E-state index is 0.235. The van der Waals surface area contributed by atoms with E-state index in [1.54, 1.807) is 0 Å². The smallest absolute Gasteiger partial charge is 0.110 e. The van der Waals surface area contributed by atoms with Crippen molar-refractivity contribution in [3.05, 3.63) is 16.1 Å². The van der Waals surface area contributed by atoms with Crippen LogP contribution in [0.5, 0.6) is 0 Å². The zero-order valence-corrected chi connectivity index (χ0v) is 11.0. The number of likely N-dealkylation sites (tertiary alicyclic amines) is 1. The number of hydrogen-bond acceptors (Lipinski definition) is 4. The van der Waals surface area contributed by atoms with E-state index in [1.807, 2.05) is 24.5 Å². The van der Waals surface area contributed by atoms with Gasteiger partial charge in [-0.3, -0.25) is 4.90 Å². The van der Waals surface area contributed by atoms with E-state index in [2.05, 4.69) is 16.8 Å². The molecule has 1 aliphatic heterocycles. The third-order valence-corrected chi connectivity index (χ3v) is 4.27. The highest BCUT2D eigenvalue weighted by Gasteiger charge is 2.26. The minimum atomic E-state index is 0.235. The number of thiazole rings is 1. The summed E-state index contributed by atoms with van der Waals surface area (Å²) in [7, 11) is 0. The van der Waals surface area contributed by atoms with Gasteiger partial charge in [-0.15, -0.1) is 11.3 Å². The molecule has 3 nitrogen and oxygen atoms in total. The average Bonchev–Trinajstić information content (AvgIpc) is 2.83. The fourth-order valence-electron chi connectivity index (χ4n) is 2.37. The van der Waals surface area contributed by atoms with E-state index in [9.17, 15) is 0 Å². The van der Waals surface area contributed by atoms with Crippen molar-refractivity contribution in [2.75, 3.05) is 13.1 Å². The summed E-state index contributed by atoms with van der Waals surface area (Å²) in [5, 5.41) is 1.29. The van der Waals surface area contributed by atoms with Crippen LogP contribution in [0.2, 0.25) is 0 Å². The van der Waals surface area contributed by atoms with Gasteiger partial charge in [0.15, 0.2) is 0 Å². The molecule has 2 atom stereocenters. The van der Waals surface area contributed by atoms with Crippen LogP contribution in [0.3, 0.4) is 0 Å². The first-order chi connectivity index (χ1) is 7.70. The Bertz CT molecular complexity index is 335. The van der Waals surface area contributed by atoms with E-state index in [1.165, 1.54) is 29.3 Å². The summed E-state index contributed by atoms with van der Waals surface area (Å²) in [6, 6.07) is 0.802. The quantitative estimate of drug-likeness (QED) is 0.876. The number of nitrogens with zero attached hydrogens (tertiary/aromatic N) is 2. The van der Waals surface area contributed by atoms with Crippen molar-refractivity contribution in [1.82, 2.24) is 9.88 Å². The first kappa shape index (κ1) is 12.0. The van der Waals surface area contributed by atoms with Crippen LogP contribution in [-0.2, 0) is 6.42 Å². The molecule has 1 saturated heterocycles. The van der Waals surface area contributed by atoms with Crippen molar-refractivity contribution < 1.29 is 0 Å². The molecule has 0 aliphatic carbocycles. The zero-order valence-electron chi connectivity index (χ0n) is 10.1. The topological polar surface area (TPSA) is 42.2 Å².